The van der Waals surface area contributed by atoms with Gasteiger partial charge in [0, 0.05) is 18.7 Å². The fourth-order valence-electron chi connectivity index (χ4n) is 4.43. The van der Waals surface area contributed by atoms with Crippen LogP contribution in [0.1, 0.15) is 80.6 Å². The van der Waals surface area contributed by atoms with Gasteiger partial charge >= 0.3 is 5.97 Å². The number of hydrogen-bond donors (Lipinski definition) is 1. The summed E-state index contributed by atoms with van der Waals surface area (Å²) in [5.74, 6) is -0.527. The van der Waals surface area contributed by atoms with E-state index in [1.165, 1.54) is 37.0 Å². The van der Waals surface area contributed by atoms with Crippen LogP contribution in [0.5, 0.6) is 5.75 Å². The van der Waals surface area contributed by atoms with Gasteiger partial charge < -0.3 is 19.7 Å². The average Bonchev–Trinajstić information content (AvgIpc) is 2.92. The Hall–Kier alpha value is -3.35. The topological polar surface area (TPSA) is 84.9 Å². The van der Waals surface area contributed by atoms with Crippen molar-refractivity contribution in [2.24, 2.45) is 0 Å². The Morgan fingerprint density at radius 2 is 1.68 bits per heavy atom. The summed E-state index contributed by atoms with van der Waals surface area (Å²) in [5.41, 5.74) is 1.44. The molecule has 2 amide bonds. The van der Waals surface area contributed by atoms with Gasteiger partial charge in [-0.1, -0.05) is 88.3 Å². The summed E-state index contributed by atoms with van der Waals surface area (Å²) in [6.07, 6.45) is 9.12. The molecule has 0 aromatic heterocycles. The second kappa shape index (κ2) is 15.7. The molecule has 1 saturated heterocycles. The van der Waals surface area contributed by atoms with Crippen LogP contribution < -0.4 is 10.1 Å². The highest BCUT2D eigenvalue weighted by atomic mass is 16.5. The Bertz CT molecular complexity index is 994. The summed E-state index contributed by atoms with van der Waals surface area (Å²) in [6.45, 7) is 3.62. The fraction of sp³-hybridized carbons (Fsp3) is 0.500. The standard InChI is InChI=1S/C30H40N2O5/c1-2-3-4-5-6-7-8-12-20-36-28(33)22-27-29(34)31-18-19-32(27)30(35)25-16-13-17-26(21-25)37-23-24-14-10-9-11-15-24/h9-11,13-17,21,27H,2-8,12,18-20,22-23H2,1H3,(H,31,34). The van der Waals surface area contributed by atoms with Crippen LogP contribution in [0.25, 0.3) is 0 Å². The summed E-state index contributed by atoms with van der Waals surface area (Å²) in [5, 5.41) is 2.76. The molecule has 3 rings (SSSR count). The van der Waals surface area contributed by atoms with Crippen molar-refractivity contribution in [1.82, 2.24) is 10.2 Å². The van der Waals surface area contributed by atoms with Gasteiger partial charge in [-0.05, 0) is 30.2 Å². The number of carbonyl (C=O) groups is 3. The first kappa shape index (κ1) is 28.2. The zero-order valence-electron chi connectivity index (χ0n) is 22.0. The highest BCUT2D eigenvalue weighted by Crippen LogP contribution is 2.20. The van der Waals surface area contributed by atoms with Gasteiger partial charge in [-0.25, -0.2) is 0 Å². The van der Waals surface area contributed by atoms with Crippen molar-refractivity contribution in [2.75, 3.05) is 19.7 Å². The average molecular weight is 509 g/mol. The molecule has 1 N–H and O–H groups in total. The van der Waals surface area contributed by atoms with Crippen LogP contribution in [0.15, 0.2) is 54.6 Å². The monoisotopic (exact) mass is 508 g/mol. The molecule has 1 heterocycles. The Morgan fingerprint density at radius 3 is 2.43 bits per heavy atom. The quantitative estimate of drug-likeness (QED) is 0.261. The predicted octanol–water partition coefficient (Wildman–Crippen LogP) is 5.28. The molecule has 7 nitrogen and oxygen atoms in total. The number of benzene rings is 2. The first-order valence-electron chi connectivity index (χ1n) is 13.6. The van der Waals surface area contributed by atoms with Crippen molar-refractivity contribution in [3.05, 3.63) is 65.7 Å². The number of ether oxygens (including phenoxy) is 2. The molecule has 0 bridgehead atoms. The van der Waals surface area contributed by atoms with E-state index in [1.54, 1.807) is 24.3 Å². The number of amides is 2. The fourth-order valence-corrected chi connectivity index (χ4v) is 4.43. The van der Waals surface area contributed by atoms with E-state index in [1.807, 2.05) is 30.3 Å². The van der Waals surface area contributed by atoms with Gasteiger partial charge in [0.15, 0.2) is 0 Å². The van der Waals surface area contributed by atoms with Crippen LogP contribution >= 0.6 is 0 Å². The number of hydrogen-bond acceptors (Lipinski definition) is 5. The van der Waals surface area contributed by atoms with Crippen molar-refractivity contribution in [1.29, 1.82) is 0 Å². The number of carbonyl (C=O) groups excluding carboxylic acids is 3. The second-order valence-corrected chi connectivity index (χ2v) is 9.51. The van der Waals surface area contributed by atoms with E-state index >= 15 is 0 Å². The van der Waals surface area contributed by atoms with Crippen LogP contribution in [-0.2, 0) is 20.9 Å². The smallest absolute Gasteiger partial charge is 0.308 e. The largest absolute Gasteiger partial charge is 0.489 e. The van der Waals surface area contributed by atoms with Gasteiger partial charge in [0.25, 0.3) is 5.91 Å². The molecular weight excluding hydrogens is 468 g/mol. The number of piperazine rings is 1. The highest BCUT2D eigenvalue weighted by molar-refractivity contribution is 5.99. The minimum absolute atomic E-state index is 0.154. The van der Waals surface area contributed by atoms with Crippen molar-refractivity contribution >= 4 is 17.8 Å². The minimum atomic E-state index is -0.888. The van der Waals surface area contributed by atoms with Gasteiger partial charge in [-0.15, -0.1) is 0 Å². The van der Waals surface area contributed by atoms with Crippen molar-refractivity contribution in [2.45, 2.75) is 77.4 Å². The van der Waals surface area contributed by atoms with Gasteiger partial charge in [0.05, 0.1) is 13.0 Å². The number of esters is 1. The Balaban J connectivity index is 1.48. The van der Waals surface area contributed by atoms with Gasteiger partial charge in [0.1, 0.15) is 18.4 Å². The third-order valence-corrected chi connectivity index (χ3v) is 6.54. The van der Waals surface area contributed by atoms with Gasteiger partial charge in [-0.3, -0.25) is 14.4 Å². The van der Waals surface area contributed by atoms with Gasteiger partial charge in [0.2, 0.25) is 5.91 Å². The van der Waals surface area contributed by atoms with Crippen molar-refractivity contribution < 1.29 is 23.9 Å². The molecular formula is C30H40N2O5. The maximum absolute atomic E-state index is 13.3. The number of nitrogens with zero attached hydrogens (tertiary/aromatic N) is 1. The van der Waals surface area contributed by atoms with E-state index in [2.05, 4.69) is 12.2 Å². The molecule has 1 aliphatic heterocycles. The molecule has 0 aliphatic carbocycles. The minimum Gasteiger partial charge on any atom is -0.489 e. The Morgan fingerprint density at radius 1 is 0.946 bits per heavy atom. The normalized spacial score (nSPS) is 15.2. The maximum Gasteiger partial charge on any atom is 0.308 e. The summed E-state index contributed by atoms with van der Waals surface area (Å²) < 4.78 is 11.2. The first-order chi connectivity index (χ1) is 18.1. The predicted molar refractivity (Wildman–Crippen MR) is 143 cm³/mol. The highest BCUT2D eigenvalue weighted by Gasteiger charge is 2.35. The number of rotatable bonds is 15. The molecule has 1 atom stereocenters. The van der Waals surface area contributed by atoms with E-state index < -0.39 is 12.0 Å². The summed E-state index contributed by atoms with van der Waals surface area (Å²) >= 11 is 0. The molecule has 7 heteroatoms. The van der Waals surface area contributed by atoms with E-state index in [0.717, 1.165) is 24.8 Å². The Labute approximate surface area is 220 Å². The van der Waals surface area contributed by atoms with Crippen molar-refractivity contribution in [3.8, 4) is 5.75 Å². The lowest BCUT2D eigenvalue weighted by Crippen LogP contribution is -2.57. The Kier molecular flexibility index (Phi) is 12.0. The second-order valence-electron chi connectivity index (χ2n) is 9.51. The van der Waals surface area contributed by atoms with Crippen LogP contribution in [-0.4, -0.2) is 48.4 Å². The molecule has 200 valence electrons. The molecule has 0 saturated carbocycles. The summed E-state index contributed by atoms with van der Waals surface area (Å²) in [6, 6.07) is 15.8. The zero-order chi connectivity index (χ0) is 26.3. The third kappa shape index (κ3) is 9.56. The van der Waals surface area contributed by atoms with Crippen molar-refractivity contribution in [3.63, 3.8) is 0 Å². The van der Waals surface area contributed by atoms with E-state index in [4.69, 9.17) is 9.47 Å². The third-order valence-electron chi connectivity index (χ3n) is 6.54. The molecule has 0 radical (unpaired) electrons. The van der Waals surface area contributed by atoms with E-state index in [-0.39, 0.29) is 18.2 Å². The lowest BCUT2D eigenvalue weighted by molar-refractivity contribution is -0.147. The van der Waals surface area contributed by atoms with Gasteiger partial charge in [-0.2, -0.15) is 0 Å². The van der Waals surface area contributed by atoms with Crippen LogP contribution in [0.3, 0.4) is 0 Å². The SMILES string of the molecule is CCCCCCCCCCOC(=O)CC1C(=O)NCCN1C(=O)c1cccc(OCc2ccccc2)c1. The zero-order valence-corrected chi connectivity index (χ0v) is 22.0. The van der Waals surface area contributed by atoms with Crippen LogP contribution in [0, 0.1) is 0 Å². The molecule has 2 aromatic rings. The molecule has 1 fully saturated rings. The first-order valence-corrected chi connectivity index (χ1v) is 13.6. The lowest BCUT2D eigenvalue weighted by atomic mass is 10.1. The molecule has 1 unspecified atom stereocenters. The molecule has 1 aliphatic rings. The van der Waals surface area contributed by atoms with E-state index in [9.17, 15) is 14.4 Å². The molecule has 37 heavy (non-hydrogen) atoms. The summed E-state index contributed by atoms with van der Waals surface area (Å²) in [7, 11) is 0. The maximum atomic E-state index is 13.3. The molecule has 0 spiro atoms. The van der Waals surface area contributed by atoms with Crippen LogP contribution in [0.2, 0.25) is 0 Å². The van der Waals surface area contributed by atoms with E-state index in [0.29, 0.717) is 37.6 Å². The van der Waals surface area contributed by atoms with Crippen LogP contribution in [0.4, 0.5) is 0 Å². The summed E-state index contributed by atoms with van der Waals surface area (Å²) in [4.78, 5) is 39.9. The number of unbranched alkanes of at least 4 members (excludes halogenated alkanes) is 7. The lowest BCUT2D eigenvalue weighted by Gasteiger charge is -2.34. The molecule has 2 aromatic carbocycles. The number of nitrogens with one attached hydrogen (secondary N) is 1.